The van der Waals surface area contributed by atoms with Crippen LogP contribution in [0.5, 0.6) is 0 Å². The van der Waals surface area contributed by atoms with Gasteiger partial charge in [0, 0.05) is 6.54 Å². The van der Waals surface area contributed by atoms with E-state index in [0.29, 0.717) is 6.61 Å². The van der Waals surface area contributed by atoms with Gasteiger partial charge in [-0.2, -0.15) is 0 Å². The number of nitrogens with two attached hydrogens (primary N) is 1. The summed E-state index contributed by atoms with van der Waals surface area (Å²) in [6.07, 6.45) is 2.89. The van der Waals surface area contributed by atoms with Crippen molar-refractivity contribution in [1.29, 1.82) is 0 Å². The number of hydrogen-bond donors (Lipinski definition) is 2. The number of carbonyl (C=O) groups is 2. The highest BCUT2D eigenvalue weighted by molar-refractivity contribution is 5.87. The van der Waals surface area contributed by atoms with Crippen LogP contribution in [0.1, 0.15) is 19.8 Å². The van der Waals surface area contributed by atoms with Crippen molar-refractivity contribution in [1.82, 2.24) is 5.32 Å². The lowest BCUT2D eigenvalue weighted by molar-refractivity contribution is -0.145. The van der Waals surface area contributed by atoms with Crippen LogP contribution in [0.25, 0.3) is 0 Å². The van der Waals surface area contributed by atoms with E-state index >= 15 is 0 Å². The lowest BCUT2D eigenvalue weighted by atomic mass is 10.3. The Bertz CT molecular complexity index is 229. The second-order valence-electron chi connectivity index (χ2n) is 3.08. The standard InChI is InChI=1S/C10H18N2O3/c1-3-5-6-15-10(14)8(11)7-12-9(13)4-2/h4,8H,2-3,5-7,11H2,1H3,(H,12,13). The van der Waals surface area contributed by atoms with Gasteiger partial charge < -0.3 is 15.8 Å². The highest BCUT2D eigenvalue weighted by Gasteiger charge is 2.14. The Labute approximate surface area is 89.7 Å². The average molecular weight is 214 g/mol. The van der Waals surface area contributed by atoms with Crippen LogP contribution in [0.4, 0.5) is 0 Å². The number of hydrogen-bond acceptors (Lipinski definition) is 4. The predicted octanol–water partition coefficient (Wildman–Crippen LogP) is -0.0408. The van der Waals surface area contributed by atoms with Crippen LogP contribution in [-0.2, 0) is 14.3 Å². The molecule has 0 aliphatic heterocycles. The van der Waals surface area contributed by atoms with Gasteiger partial charge in [0.25, 0.3) is 0 Å². The van der Waals surface area contributed by atoms with E-state index in [1.165, 1.54) is 0 Å². The normalized spacial score (nSPS) is 11.6. The molecule has 1 unspecified atom stereocenters. The summed E-state index contributed by atoms with van der Waals surface area (Å²) in [5.41, 5.74) is 5.48. The fourth-order valence-corrected chi connectivity index (χ4v) is 0.790. The third kappa shape index (κ3) is 6.68. The molecule has 5 heteroatoms. The monoisotopic (exact) mass is 214 g/mol. The smallest absolute Gasteiger partial charge is 0.324 e. The van der Waals surface area contributed by atoms with Gasteiger partial charge in [-0.05, 0) is 12.5 Å². The minimum Gasteiger partial charge on any atom is -0.464 e. The first-order chi connectivity index (χ1) is 7.11. The Kier molecular flexibility index (Phi) is 7.27. The molecule has 0 aromatic carbocycles. The number of carbonyl (C=O) groups excluding carboxylic acids is 2. The first kappa shape index (κ1) is 13.6. The van der Waals surface area contributed by atoms with Gasteiger partial charge in [0.2, 0.25) is 5.91 Å². The summed E-state index contributed by atoms with van der Waals surface area (Å²) in [5, 5.41) is 2.42. The molecule has 1 amide bonds. The van der Waals surface area contributed by atoms with Crippen molar-refractivity contribution in [2.24, 2.45) is 5.73 Å². The molecule has 1 atom stereocenters. The Hall–Kier alpha value is -1.36. The summed E-state index contributed by atoms with van der Waals surface area (Å²) in [6.45, 7) is 5.71. The summed E-state index contributed by atoms with van der Waals surface area (Å²) in [6, 6.07) is -0.814. The maximum absolute atomic E-state index is 11.2. The van der Waals surface area contributed by atoms with Gasteiger partial charge in [-0.3, -0.25) is 9.59 Å². The number of ether oxygens (including phenoxy) is 1. The Morgan fingerprint density at radius 1 is 1.60 bits per heavy atom. The van der Waals surface area contributed by atoms with E-state index in [1.807, 2.05) is 6.92 Å². The zero-order valence-electron chi connectivity index (χ0n) is 8.99. The first-order valence-corrected chi connectivity index (χ1v) is 4.94. The van der Waals surface area contributed by atoms with Crippen LogP contribution in [0.2, 0.25) is 0 Å². The number of unbranched alkanes of at least 4 members (excludes halogenated alkanes) is 1. The second-order valence-corrected chi connectivity index (χ2v) is 3.08. The molecule has 0 radical (unpaired) electrons. The summed E-state index contributed by atoms with van der Waals surface area (Å²) < 4.78 is 4.87. The third-order valence-corrected chi connectivity index (χ3v) is 1.73. The number of nitrogens with one attached hydrogen (secondary N) is 1. The van der Waals surface area contributed by atoms with E-state index in [1.54, 1.807) is 0 Å². The third-order valence-electron chi connectivity index (χ3n) is 1.73. The lowest BCUT2D eigenvalue weighted by Crippen LogP contribution is -2.43. The van der Waals surface area contributed by atoms with Crippen molar-refractivity contribution < 1.29 is 14.3 Å². The summed E-state index contributed by atoms with van der Waals surface area (Å²) in [5.74, 6) is -0.848. The SMILES string of the molecule is C=CC(=O)NCC(N)C(=O)OCCCC. The van der Waals surface area contributed by atoms with E-state index in [0.717, 1.165) is 18.9 Å². The molecule has 3 N–H and O–H groups in total. The van der Waals surface area contributed by atoms with E-state index in [2.05, 4.69) is 11.9 Å². The number of amides is 1. The molecule has 15 heavy (non-hydrogen) atoms. The summed E-state index contributed by atoms with van der Waals surface area (Å²) >= 11 is 0. The van der Waals surface area contributed by atoms with E-state index in [-0.39, 0.29) is 12.5 Å². The minimum absolute atomic E-state index is 0.0653. The quantitative estimate of drug-likeness (QED) is 0.354. The zero-order chi connectivity index (χ0) is 11.7. The van der Waals surface area contributed by atoms with Crippen molar-refractivity contribution >= 4 is 11.9 Å². The minimum atomic E-state index is -0.814. The molecule has 0 bridgehead atoms. The molecule has 0 saturated carbocycles. The molecular formula is C10H18N2O3. The fourth-order valence-electron chi connectivity index (χ4n) is 0.790. The van der Waals surface area contributed by atoms with E-state index < -0.39 is 12.0 Å². The van der Waals surface area contributed by atoms with Gasteiger partial charge in [0.1, 0.15) is 6.04 Å². The molecule has 0 aromatic rings. The number of esters is 1. The Morgan fingerprint density at radius 2 is 2.27 bits per heavy atom. The molecule has 0 fully saturated rings. The Balaban J connectivity index is 3.68. The molecule has 0 aliphatic rings. The summed E-state index contributed by atoms with van der Waals surface area (Å²) in [4.78, 5) is 22.0. The first-order valence-electron chi connectivity index (χ1n) is 4.94. The molecule has 0 heterocycles. The van der Waals surface area contributed by atoms with Crippen LogP contribution in [0.15, 0.2) is 12.7 Å². The van der Waals surface area contributed by atoms with Crippen LogP contribution < -0.4 is 11.1 Å². The topological polar surface area (TPSA) is 81.4 Å². The molecule has 5 nitrogen and oxygen atoms in total. The van der Waals surface area contributed by atoms with Gasteiger partial charge >= 0.3 is 5.97 Å². The highest BCUT2D eigenvalue weighted by atomic mass is 16.5. The van der Waals surface area contributed by atoms with E-state index in [9.17, 15) is 9.59 Å². The molecule has 0 spiro atoms. The van der Waals surface area contributed by atoms with Crippen molar-refractivity contribution in [3.8, 4) is 0 Å². The predicted molar refractivity (Wildman–Crippen MR) is 57.0 cm³/mol. The summed E-state index contributed by atoms with van der Waals surface area (Å²) in [7, 11) is 0. The van der Waals surface area contributed by atoms with Gasteiger partial charge in [-0.1, -0.05) is 19.9 Å². The van der Waals surface area contributed by atoms with Gasteiger partial charge in [-0.15, -0.1) is 0 Å². The average Bonchev–Trinajstić information content (AvgIpc) is 2.25. The van der Waals surface area contributed by atoms with Crippen molar-refractivity contribution in [3.05, 3.63) is 12.7 Å². The van der Waals surface area contributed by atoms with Crippen molar-refractivity contribution in [2.75, 3.05) is 13.2 Å². The van der Waals surface area contributed by atoms with Crippen molar-refractivity contribution in [2.45, 2.75) is 25.8 Å². The van der Waals surface area contributed by atoms with Gasteiger partial charge in [0.15, 0.2) is 0 Å². The maximum atomic E-state index is 11.2. The molecule has 0 rings (SSSR count). The van der Waals surface area contributed by atoms with Gasteiger partial charge in [0.05, 0.1) is 6.61 Å². The van der Waals surface area contributed by atoms with Gasteiger partial charge in [-0.25, -0.2) is 0 Å². The molecule has 86 valence electrons. The number of rotatable bonds is 7. The van der Waals surface area contributed by atoms with Crippen LogP contribution >= 0.6 is 0 Å². The van der Waals surface area contributed by atoms with Crippen LogP contribution in [-0.4, -0.2) is 31.1 Å². The lowest BCUT2D eigenvalue weighted by Gasteiger charge is -2.11. The molecular weight excluding hydrogens is 196 g/mol. The molecule has 0 saturated heterocycles. The fraction of sp³-hybridized carbons (Fsp3) is 0.600. The zero-order valence-corrected chi connectivity index (χ0v) is 8.99. The highest BCUT2D eigenvalue weighted by Crippen LogP contribution is 1.91. The van der Waals surface area contributed by atoms with Crippen LogP contribution in [0.3, 0.4) is 0 Å². The maximum Gasteiger partial charge on any atom is 0.324 e. The van der Waals surface area contributed by atoms with E-state index in [4.69, 9.17) is 10.5 Å². The Morgan fingerprint density at radius 3 is 2.80 bits per heavy atom. The molecule has 0 aliphatic carbocycles. The largest absolute Gasteiger partial charge is 0.464 e. The van der Waals surface area contributed by atoms with Crippen molar-refractivity contribution in [3.63, 3.8) is 0 Å². The van der Waals surface area contributed by atoms with Crippen LogP contribution in [0, 0.1) is 0 Å². The molecule has 0 aromatic heterocycles. The second kappa shape index (κ2) is 7.99.